The maximum absolute atomic E-state index is 12.7. The lowest BCUT2D eigenvalue weighted by Crippen LogP contribution is -2.48. The molecule has 4 heterocycles. The Kier molecular flexibility index (Phi) is 4.12. The molecule has 1 aromatic carbocycles. The lowest BCUT2D eigenvalue weighted by Gasteiger charge is -2.36. The van der Waals surface area contributed by atoms with Crippen molar-refractivity contribution in [1.82, 2.24) is 25.2 Å². The molecule has 146 valence electrons. The number of nitrogens with zero attached hydrogens (tertiary/aromatic N) is 4. The Hall–Kier alpha value is -3.88. The predicted octanol–water partition coefficient (Wildman–Crippen LogP) is 2.97. The monoisotopic (exact) mass is 391 g/mol. The van der Waals surface area contributed by atoms with Gasteiger partial charge in [-0.05, 0) is 30.3 Å². The molecule has 5 rings (SSSR count). The zero-order chi connectivity index (χ0) is 19.8. The average Bonchev–Trinajstić information content (AvgIpc) is 3.47. The highest BCUT2D eigenvalue weighted by atomic mass is 16.5. The van der Waals surface area contributed by atoms with Crippen molar-refractivity contribution in [3.63, 3.8) is 0 Å². The first-order chi connectivity index (χ1) is 14.2. The van der Waals surface area contributed by atoms with Crippen LogP contribution in [0.15, 0.2) is 57.7 Å². The molecule has 0 bridgehead atoms. The van der Waals surface area contributed by atoms with Gasteiger partial charge in [0.2, 0.25) is 11.7 Å². The molecule has 1 amide bonds. The van der Waals surface area contributed by atoms with Crippen molar-refractivity contribution >= 4 is 5.91 Å². The van der Waals surface area contributed by atoms with Crippen molar-refractivity contribution in [2.45, 2.75) is 5.92 Å². The number of hydrogen-bond acceptors (Lipinski definition) is 7. The Morgan fingerprint density at radius 3 is 2.93 bits per heavy atom. The largest absolute Gasteiger partial charge is 0.497 e. The number of rotatable bonds is 5. The van der Waals surface area contributed by atoms with E-state index in [1.807, 2.05) is 24.3 Å². The second kappa shape index (κ2) is 6.93. The number of hydrogen-bond donors (Lipinski definition) is 1. The van der Waals surface area contributed by atoms with E-state index in [2.05, 4.69) is 20.3 Å². The van der Waals surface area contributed by atoms with Gasteiger partial charge in [0.15, 0.2) is 5.76 Å². The smallest absolute Gasteiger partial charge is 0.271 e. The van der Waals surface area contributed by atoms with E-state index in [-0.39, 0.29) is 11.8 Å². The maximum Gasteiger partial charge on any atom is 0.271 e. The van der Waals surface area contributed by atoms with E-state index in [0.29, 0.717) is 42.0 Å². The van der Waals surface area contributed by atoms with Crippen LogP contribution in [-0.4, -0.2) is 51.3 Å². The van der Waals surface area contributed by atoms with Gasteiger partial charge >= 0.3 is 0 Å². The molecule has 0 spiro atoms. The molecule has 0 aliphatic carbocycles. The van der Waals surface area contributed by atoms with Crippen molar-refractivity contribution in [3.8, 4) is 28.6 Å². The van der Waals surface area contributed by atoms with E-state index in [4.69, 9.17) is 13.7 Å². The number of furan rings is 1. The molecule has 1 fully saturated rings. The number of aromatic nitrogens is 4. The summed E-state index contributed by atoms with van der Waals surface area (Å²) in [5.74, 6) is 2.09. The molecule has 1 aliphatic rings. The van der Waals surface area contributed by atoms with Crippen molar-refractivity contribution in [2.75, 3.05) is 20.2 Å². The van der Waals surface area contributed by atoms with Crippen LogP contribution in [0.5, 0.6) is 5.75 Å². The summed E-state index contributed by atoms with van der Waals surface area (Å²) >= 11 is 0. The number of carbonyl (C=O) groups excluding carboxylic acids is 1. The molecule has 4 aromatic rings. The highest BCUT2D eigenvalue weighted by Crippen LogP contribution is 2.29. The fraction of sp³-hybridized carbons (Fsp3) is 0.200. The predicted molar refractivity (Wildman–Crippen MR) is 101 cm³/mol. The van der Waals surface area contributed by atoms with Gasteiger partial charge in [-0.15, -0.1) is 0 Å². The first-order valence-electron chi connectivity index (χ1n) is 9.08. The summed E-state index contributed by atoms with van der Waals surface area (Å²) < 4.78 is 15.8. The van der Waals surface area contributed by atoms with E-state index in [9.17, 15) is 4.79 Å². The van der Waals surface area contributed by atoms with Gasteiger partial charge in [-0.25, -0.2) is 0 Å². The molecule has 0 atom stereocenters. The fourth-order valence-corrected chi connectivity index (χ4v) is 3.24. The van der Waals surface area contributed by atoms with Gasteiger partial charge in [0, 0.05) is 18.7 Å². The molecule has 0 saturated carbocycles. The van der Waals surface area contributed by atoms with Crippen LogP contribution in [0.2, 0.25) is 0 Å². The van der Waals surface area contributed by atoms with Crippen molar-refractivity contribution < 1.29 is 18.5 Å². The second-order valence-electron chi connectivity index (χ2n) is 6.74. The van der Waals surface area contributed by atoms with Crippen LogP contribution in [-0.2, 0) is 0 Å². The molecule has 1 saturated heterocycles. The Bertz CT molecular complexity index is 1140. The summed E-state index contributed by atoms with van der Waals surface area (Å²) in [6, 6.07) is 12.8. The van der Waals surface area contributed by atoms with E-state index >= 15 is 0 Å². The van der Waals surface area contributed by atoms with E-state index < -0.39 is 0 Å². The molecule has 1 aliphatic heterocycles. The fourth-order valence-electron chi connectivity index (χ4n) is 3.24. The molecule has 29 heavy (non-hydrogen) atoms. The van der Waals surface area contributed by atoms with Gasteiger partial charge in [-0.2, -0.15) is 10.1 Å². The lowest BCUT2D eigenvalue weighted by atomic mass is 9.99. The SMILES string of the molecule is COc1cccc(-c2cc(C(=O)N3CC(c4nc(-c5ccco5)no4)C3)[nH]n2)c1. The van der Waals surface area contributed by atoms with Gasteiger partial charge in [0.1, 0.15) is 11.4 Å². The quantitative estimate of drug-likeness (QED) is 0.557. The van der Waals surface area contributed by atoms with Gasteiger partial charge < -0.3 is 18.6 Å². The molecule has 1 N–H and O–H groups in total. The van der Waals surface area contributed by atoms with Crippen LogP contribution in [0.4, 0.5) is 0 Å². The molecule has 0 radical (unpaired) electrons. The average molecular weight is 391 g/mol. The summed E-state index contributed by atoms with van der Waals surface area (Å²) in [4.78, 5) is 18.8. The minimum atomic E-state index is -0.117. The topological polar surface area (TPSA) is 110 Å². The number of aromatic amines is 1. The number of methoxy groups -OCH3 is 1. The van der Waals surface area contributed by atoms with Crippen LogP contribution in [0.3, 0.4) is 0 Å². The summed E-state index contributed by atoms with van der Waals surface area (Å²) in [6.07, 6.45) is 1.55. The van der Waals surface area contributed by atoms with Crippen molar-refractivity contribution in [2.24, 2.45) is 0 Å². The maximum atomic E-state index is 12.7. The Morgan fingerprint density at radius 2 is 2.14 bits per heavy atom. The van der Waals surface area contributed by atoms with E-state index in [1.165, 1.54) is 0 Å². The minimum Gasteiger partial charge on any atom is -0.497 e. The van der Waals surface area contributed by atoms with Gasteiger partial charge in [-0.1, -0.05) is 17.3 Å². The van der Waals surface area contributed by atoms with Crippen LogP contribution >= 0.6 is 0 Å². The second-order valence-corrected chi connectivity index (χ2v) is 6.74. The summed E-state index contributed by atoms with van der Waals surface area (Å²) in [6.45, 7) is 1.01. The number of nitrogens with one attached hydrogen (secondary N) is 1. The number of likely N-dealkylation sites (tertiary alicyclic amines) is 1. The third-order valence-corrected chi connectivity index (χ3v) is 4.88. The third kappa shape index (κ3) is 3.16. The Morgan fingerprint density at radius 1 is 1.24 bits per heavy atom. The van der Waals surface area contributed by atoms with Crippen molar-refractivity contribution in [3.05, 3.63) is 60.3 Å². The van der Waals surface area contributed by atoms with E-state index in [0.717, 1.165) is 11.3 Å². The molecule has 3 aromatic heterocycles. The van der Waals surface area contributed by atoms with Gasteiger partial charge in [0.05, 0.1) is 25.0 Å². The zero-order valence-corrected chi connectivity index (χ0v) is 15.5. The number of amides is 1. The summed E-state index contributed by atoms with van der Waals surface area (Å²) in [5.41, 5.74) is 1.99. The van der Waals surface area contributed by atoms with Crippen molar-refractivity contribution in [1.29, 1.82) is 0 Å². The number of carbonyl (C=O) groups is 1. The molecule has 9 heteroatoms. The van der Waals surface area contributed by atoms with Crippen LogP contribution < -0.4 is 4.74 Å². The number of benzene rings is 1. The first-order valence-corrected chi connectivity index (χ1v) is 9.08. The molecular weight excluding hydrogens is 374 g/mol. The highest BCUT2D eigenvalue weighted by molar-refractivity contribution is 5.94. The third-order valence-electron chi connectivity index (χ3n) is 4.88. The van der Waals surface area contributed by atoms with E-state index in [1.54, 1.807) is 36.5 Å². The minimum absolute atomic E-state index is 0.0101. The molecule has 9 nitrogen and oxygen atoms in total. The Balaban J connectivity index is 1.24. The normalized spacial score (nSPS) is 14.0. The van der Waals surface area contributed by atoms with Crippen LogP contribution in [0, 0.1) is 0 Å². The molecular formula is C20H17N5O4. The van der Waals surface area contributed by atoms with Gasteiger partial charge in [0.25, 0.3) is 5.91 Å². The standard InChI is InChI=1S/C20H17N5O4/c1-27-14-5-2-4-12(8-14)15-9-16(23-22-15)20(26)25-10-13(11-25)19-21-18(24-29-19)17-6-3-7-28-17/h2-9,13H,10-11H2,1H3,(H,22,23). The Labute approximate surface area is 165 Å². The number of H-pyrrole nitrogens is 1. The first kappa shape index (κ1) is 17.2. The summed E-state index contributed by atoms with van der Waals surface area (Å²) in [5, 5.41) is 11.0. The highest BCUT2D eigenvalue weighted by Gasteiger charge is 2.36. The van der Waals surface area contributed by atoms with Crippen LogP contribution in [0.1, 0.15) is 22.3 Å². The number of ether oxygens (including phenoxy) is 1. The summed E-state index contributed by atoms with van der Waals surface area (Å²) in [7, 11) is 1.61. The van der Waals surface area contributed by atoms with Gasteiger partial charge in [-0.3, -0.25) is 9.89 Å². The molecule has 0 unspecified atom stereocenters. The zero-order valence-electron chi connectivity index (χ0n) is 15.5. The lowest BCUT2D eigenvalue weighted by molar-refractivity contribution is 0.0563. The van der Waals surface area contributed by atoms with Crippen LogP contribution in [0.25, 0.3) is 22.8 Å².